The first-order chi connectivity index (χ1) is 14.5. The van der Waals surface area contributed by atoms with Gasteiger partial charge in [0.2, 0.25) is 10.0 Å². The van der Waals surface area contributed by atoms with Crippen LogP contribution in [0.25, 0.3) is 11.1 Å². The fourth-order valence-electron chi connectivity index (χ4n) is 3.56. The van der Waals surface area contributed by atoms with Gasteiger partial charge in [-0.05, 0) is 41.0 Å². The highest BCUT2D eigenvalue weighted by Crippen LogP contribution is 2.43. The third-order valence-electron chi connectivity index (χ3n) is 5.11. The van der Waals surface area contributed by atoms with Crippen LogP contribution in [0.5, 0.6) is 11.5 Å². The lowest BCUT2D eigenvalue weighted by atomic mass is 10.1. The molecule has 1 saturated heterocycles. The van der Waals surface area contributed by atoms with Gasteiger partial charge in [0.25, 0.3) is 0 Å². The Morgan fingerprint density at radius 3 is 2.20 bits per heavy atom. The van der Waals surface area contributed by atoms with Gasteiger partial charge in [-0.2, -0.15) is 4.31 Å². The monoisotopic (exact) mass is 441 g/mol. The molecular formula is C23H23NO4S2. The standard InChI is InChI=1S/C23H23NO4S2/c1-27-21-13-10-19(16-22(21)28-2)23-24(14-15-29-23)30(25,26)20-11-8-18(9-12-20)17-6-4-3-5-7-17/h3-13,16,23H,14-15H2,1-2H3. The van der Waals surface area contributed by atoms with E-state index in [0.29, 0.717) is 22.9 Å². The van der Waals surface area contributed by atoms with Crippen LogP contribution in [0.3, 0.4) is 0 Å². The first-order valence-corrected chi connectivity index (χ1v) is 12.0. The van der Waals surface area contributed by atoms with E-state index in [2.05, 4.69) is 0 Å². The summed E-state index contributed by atoms with van der Waals surface area (Å²) < 4.78 is 39.1. The lowest BCUT2D eigenvalue weighted by Crippen LogP contribution is -2.30. The van der Waals surface area contributed by atoms with E-state index in [1.807, 2.05) is 60.7 Å². The topological polar surface area (TPSA) is 55.8 Å². The van der Waals surface area contributed by atoms with Crippen LogP contribution in [0.2, 0.25) is 0 Å². The van der Waals surface area contributed by atoms with Gasteiger partial charge in [-0.3, -0.25) is 0 Å². The van der Waals surface area contributed by atoms with Crippen LogP contribution in [-0.4, -0.2) is 39.2 Å². The molecule has 1 unspecified atom stereocenters. The summed E-state index contributed by atoms with van der Waals surface area (Å²) in [4.78, 5) is 0.301. The van der Waals surface area contributed by atoms with Crippen molar-refractivity contribution in [1.29, 1.82) is 0 Å². The Morgan fingerprint density at radius 2 is 1.53 bits per heavy atom. The summed E-state index contributed by atoms with van der Waals surface area (Å²) in [6.07, 6.45) is 0. The first-order valence-electron chi connectivity index (χ1n) is 9.55. The number of methoxy groups -OCH3 is 2. The number of hydrogen-bond donors (Lipinski definition) is 0. The molecule has 156 valence electrons. The molecule has 1 atom stereocenters. The van der Waals surface area contributed by atoms with E-state index in [0.717, 1.165) is 22.4 Å². The minimum Gasteiger partial charge on any atom is -0.493 e. The molecule has 0 N–H and O–H groups in total. The number of benzene rings is 3. The van der Waals surface area contributed by atoms with Gasteiger partial charge in [0.1, 0.15) is 0 Å². The number of ether oxygens (including phenoxy) is 2. The van der Waals surface area contributed by atoms with Crippen molar-refractivity contribution in [1.82, 2.24) is 4.31 Å². The van der Waals surface area contributed by atoms with E-state index in [-0.39, 0.29) is 5.37 Å². The number of nitrogens with zero attached hydrogens (tertiary/aromatic N) is 1. The Balaban J connectivity index is 1.63. The summed E-state index contributed by atoms with van der Waals surface area (Å²) in [6.45, 7) is 0.465. The largest absolute Gasteiger partial charge is 0.493 e. The smallest absolute Gasteiger partial charge is 0.244 e. The van der Waals surface area contributed by atoms with E-state index in [9.17, 15) is 8.42 Å². The summed E-state index contributed by atoms with van der Waals surface area (Å²) in [6, 6.07) is 22.6. The average Bonchev–Trinajstić information content (AvgIpc) is 3.30. The van der Waals surface area contributed by atoms with Crippen LogP contribution in [-0.2, 0) is 10.0 Å². The molecule has 5 nitrogen and oxygen atoms in total. The van der Waals surface area contributed by atoms with Crippen LogP contribution >= 0.6 is 11.8 Å². The van der Waals surface area contributed by atoms with Crippen molar-refractivity contribution in [2.45, 2.75) is 10.3 Å². The van der Waals surface area contributed by atoms with Gasteiger partial charge in [0, 0.05) is 12.3 Å². The molecule has 3 aromatic carbocycles. The lowest BCUT2D eigenvalue weighted by Gasteiger charge is -2.24. The van der Waals surface area contributed by atoms with Crippen molar-refractivity contribution in [3.8, 4) is 22.6 Å². The van der Waals surface area contributed by atoms with E-state index in [4.69, 9.17) is 9.47 Å². The zero-order valence-electron chi connectivity index (χ0n) is 16.8. The van der Waals surface area contributed by atoms with E-state index in [1.54, 1.807) is 42.4 Å². The van der Waals surface area contributed by atoms with Crippen molar-refractivity contribution in [3.63, 3.8) is 0 Å². The minimum atomic E-state index is -3.63. The molecule has 0 aliphatic carbocycles. The van der Waals surface area contributed by atoms with Gasteiger partial charge in [-0.15, -0.1) is 11.8 Å². The highest BCUT2D eigenvalue weighted by molar-refractivity contribution is 8.01. The summed E-state index contributed by atoms with van der Waals surface area (Å²) in [5, 5.41) is -0.302. The Kier molecular flexibility index (Phi) is 6.04. The van der Waals surface area contributed by atoms with Gasteiger partial charge in [0.05, 0.1) is 24.5 Å². The summed E-state index contributed by atoms with van der Waals surface area (Å²) in [5.74, 6) is 1.95. The number of rotatable bonds is 6. The average molecular weight is 442 g/mol. The molecule has 3 aromatic rings. The zero-order chi connectivity index (χ0) is 21.1. The van der Waals surface area contributed by atoms with Crippen LogP contribution < -0.4 is 9.47 Å². The van der Waals surface area contributed by atoms with Gasteiger partial charge in [-0.1, -0.05) is 48.5 Å². The van der Waals surface area contributed by atoms with Crippen molar-refractivity contribution in [2.75, 3.05) is 26.5 Å². The van der Waals surface area contributed by atoms with Crippen LogP contribution in [0.15, 0.2) is 77.7 Å². The lowest BCUT2D eigenvalue weighted by molar-refractivity contribution is 0.353. The molecular weight excluding hydrogens is 418 g/mol. The fraction of sp³-hybridized carbons (Fsp3) is 0.217. The second-order valence-corrected chi connectivity index (χ2v) is 9.92. The Labute approximate surface area is 181 Å². The number of hydrogen-bond acceptors (Lipinski definition) is 5. The van der Waals surface area contributed by atoms with Gasteiger partial charge in [0.15, 0.2) is 11.5 Å². The first kappa shape index (κ1) is 20.8. The molecule has 0 radical (unpaired) electrons. The zero-order valence-corrected chi connectivity index (χ0v) is 18.4. The SMILES string of the molecule is COc1ccc(C2SCCN2S(=O)(=O)c2ccc(-c3ccccc3)cc2)cc1OC. The highest BCUT2D eigenvalue weighted by atomic mass is 32.2. The van der Waals surface area contributed by atoms with E-state index >= 15 is 0 Å². The minimum absolute atomic E-state index is 0.301. The second kappa shape index (κ2) is 8.71. The van der Waals surface area contributed by atoms with Crippen molar-refractivity contribution >= 4 is 21.8 Å². The van der Waals surface area contributed by atoms with Crippen molar-refractivity contribution in [2.24, 2.45) is 0 Å². The van der Waals surface area contributed by atoms with Crippen LogP contribution in [0, 0.1) is 0 Å². The Bertz CT molecular complexity index is 1120. The summed E-state index contributed by atoms with van der Waals surface area (Å²) in [5.41, 5.74) is 2.92. The van der Waals surface area contributed by atoms with Gasteiger partial charge in [-0.25, -0.2) is 8.42 Å². The molecule has 1 fully saturated rings. The molecule has 0 aromatic heterocycles. The highest BCUT2D eigenvalue weighted by Gasteiger charge is 2.37. The summed E-state index contributed by atoms with van der Waals surface area (Å²) in [7, 11) is -0.473. The maximum atomic E-state index is 13.4. The second-order valence-electron chi connectivity index (χ2n) is 6.84. The molecule has 30 heavy (non-hydrogen) atoms. The van der Waals surface area contributed by atoms with Crippen LogP contribution in [0.4, 0.5) is 0 Å². The van der Waals surface area contributed by atoms with E-state index in [1.165, 1.54) is 0 Å². The van der Waals surface area contributed by atoms with Gasteiger partial charge >= 0.3 is 0 Å². The predicted molar refractivity (Wildman–Crippen MR) is 121 cm³/mol. The van der Waals surface area contributed by atoms with Gasteiger partial charge < -0.3 is 9.47 Å². The predicted octanol–water partition coefficient (Wildman–Crippen LogP) is 4.81. The Morgan fingerprint density at radius 1 is 0.867 bits per heavy atom. The molecule has 7 heteroatoms. The number of sulfonamides is 1. The van der Waals surface area contributed by atoms with Crippen LogP contribution in [0.1, 0.15) is 10.9 Å². The maximum Gasteiger partial charge on any atom is 0.244 e. The third kappa shape index (κ3) is 3.93. The Hall–Kier alpha value is -2.48. The molecule has 0 spiro atoms. The normalized spacial score (nSPS) is 17.1. The molecule has 0 amide bonds. The van der Waals surface area contributed by atoms with Crippen molar-refractivity contribution < 1.29 is 17.9 Å². The quantitative estimate of drug-likeness (QED) is 0.550. The molecule has 0 bridgehead atoms. The molecule has 1 aliphatic heterocycles. The molecule has 1 aliphatic rings. The number of thioether (sulfide) groups is 1. The molecule has 4 rings (SSSR count). The van der Waals surface area contributed by atoms with E-state index < -0.39 is 10.0 Å². The molecule has 1 heterocycles. The third-order valence-corrected chi connectivity index (χ3v) is 8.38. The summed E-state index contributed by atoms with van der Waals surface area (Å²) >= 11 is 1.61. The molecule has 0 saturated carbocycles. The maximum absolute atomic E-state index is 13.4. The fourth-order valence-corrected chi connectivity index (χ4v) is 6.79. The van der Waals surface area contributed by atoms with Crippen molar-refractivity contribution in [3.05, 3.63) is 78.4 Å².